The van der Waals surface area contributed by atoms with E-state index in [4.69, 9.17) is 9.47 Å². The first-order chi connectivity index (χ1) is 7.59. The molecule has 2 rings (SSSR count). The van der Waals surface area contributed by atoms with Crippen LogP contribution in [0.2, 0.25) is 0 Å². The molecule has 1 aromatic rings. The minimum atomic E-state index is -1.04. The van der Waals surface area contributed by atoms with E-state index in [-0.39, 0.29) is 42.5 Å². The van der Waals surface area contributed by atoms with Crippen molar-refractivity contribution in [1.29, 1.82) is 0 Å². The number of hydrogen-bond acceptors (Lipinski definition) is 3. The van der Waals surface area contributed by atoms with E-state index in [9.17, 15) is 13.6 Å². The normalized spacial score (nSPS) is 13.7. The topological polar surface area (TPSA) is 35.5 Å². The molecule has 1 aliphatic rings. The van der Waals surface area contributed by atoms with Crippen LogP contribution in [0.15, 0.2) is 6.07 Å². The molecule has 0 saturated carbocycles. The summed E-state index contributed by atoms with van der Waals surface area (Å²) in [6.07, 6.45) is -0.199. The molecule has 0 bridgehead atoms. The Bertz CT molecular complexity index is 443. The van der Waals surface area contributed by atoms with E-state index >= 15 is 0 Å². The predicted molar refractivity (Wildman–Crippen MR) is 51.7 cm³/mol. The minimum Gasteiger partial charge on any atom is -0.486 e. The summed E-state index contributed by atoms with van der Waals surface area (Å²) in [6, 6.07) is 0.938. The molecular formula is C11H10F2O3. The Morgan fingerprint density at radius 3 is 2.75 bits per heavy atom. The van der Waals surface area contributed by atoms with Gasteiger partial charge in [-0.1, -0.05) is 0 Å². The number of hydrogen-bond donors (Lipinski definition) is 0. The van der Waals surface area contributed by atoms with Crippen molar-refractivity contribution >= 4 is 5.78 Å². The van der Waals surface area contributed by atoms with Gasteiger partial charge in [-0.2, -0.15) is 0 Å². The maximum atomic E-state index is 13.5. The Hall–Kier alpha value is -1.65. The van der Waals surface area contributed by atoms with Gasteiger partial charge in [0.25, 0.3) is 0 Å². The molecule has 0 aliphatic carbocycles. The number of ether oxygens (including phenoxy) is 2. The lowest BCUT2D eigenvalue weighted by atomic mass is 10.1. The Balaban J connectivity index is 2.54. The van der Waals surface area contributed by atoms with Crippen molar-refractivity contribution in [2.24, 2.45) is 0 Å². The van der Waals surface area contributed by atoms with E-state index in [1.807, 2.05) is 0 Å². The number of carbonyl (C=O) groups excluding carboxylic acids is 1. The number of carbonyl (C=O) groups is 1. The Labute approximate surface area is 91.0 Å². The second-order valence-electron chi connectivity index (χ2n) is 3.55. The molecule has 16 heavy (non-hydrogen) atoms. The van der Waals surface area contributed by atoms with Gasteiger partial charge in [0, 0.05) is 18.1 Å². The van der Waals surface area contributed by atoms with E-state index < -0.39 is 11.6 Å². The van der Waals surface area contributed by atoms with Crippen LogP contribution in [0.25, 0.3) is 0 Å². The van der Waals surface area contributed by atoms with Gasteiger partial charge in [0.2, 0.25) is 0 Å². The van der Waals surface area contributed by atoms with Gasteiger partial charge >= 0.3 is 0 Å². The predicted octanol–water partition coefficient (Wildman–Crippen LogP) is 1.87. The maximum Gasteiger partial charge on any atom is 0.168 e. The van der Waals surface area contributed by atoms with Crippen molar-refractivity contribution in [1.82, 2.24) is 0 Å². The molecule has 1 aromatic carbocycles. The lowest BCUT2D eigenvalue weighted by Crippen LogP contribution is -2.18. The molecule has 0 amide bonds. The summed E-state index contributed by atoms with van der Waals surface area (Å²) in [4.78, 5) is 11.0. The Morgan fingerprint density at radius 2 is 2.06 bits per heavy atom. The van der Waals surface area contributed by atoms with Crippen molar-refractivity contribution < 1.29 is 23.0 Å². The molecule has 0 N–H and O–H groups in total. The number of benzene rings is 1. The molecule has 3 nitrogen and oxygen atoms in total. The molecule has 0 radical (unpaired) electrons. The van der Waals surface area contributed by atoms with Gasteiger partial charge in [0.1, 0.15) is 19.0 Å². The molecule has 0 saturated heterocycles. The summed E-state index contributed by atoms with van der Waals surface area (Å²) in [5.41, 5.74) is -0.0674. The van der Waals surface area contributed by atoms with Crippen molar-refractivity contribution in [2.45, 2.75) is 13.3 Å². The summed E-state index contributed by atoms with van der Waals surface area (Å²) < 4.78 is 37.0. The number of ketones is 1. The van der Waals surface area contributed by atoms with Gasteiger partial charge in [0.15, 0.2) is 23.1 Å². The SMILES string of the molecule is CC(=O)Cc1c(F)c(F)cc2c1OCCO2. The zero-order valence-electron chi connectivity index (χ0n) is 8.68. The third-order valence-corrected chi connectivity index (χ3v) is 2.24. The number of Topliss-reactive ketones (excluding diaryl/α,β-unsaturated/α-hetero) is 1. The lowest BCUT2D eigenvalue weighted by Gasteiger charge is -2.21. The van der Waals surface area contributed by atoms with Crippen molar-refractivity contribution in [2.75, 3.05) is 13.2 Å². The van der Waals surface area contributed by atoms with Crippen LogP contribution in [0.3, 0.4) is 0 Å². The summed E-state index contributed by atoms with van der Waals surface area (Å²) >= 11 is 0. The molecule has 0 aromatic heterocycles. The zero-order chi connectivity index (χ0) is 11.7. The van der Waals surface area contributed by atoms with E-state index in [1.165, 1.54) is 6.92 Å². The van der Waals surface area contributed by atoms with Gasteiger partial charge < -0.3 is 9.47 Å². The first-order valence-electron chi connectivity index (χ1n) is 4.85. The average molecular weight is 228 g/mol. The smallest absolute Gasteiger partial charge is 0.168 e. The van der Waals surface area contributed by atoms with E-state index in [1.54, 1.807) is 0 Å². The van der Waals surface area contributed by atoms with Crippen LogP contribution in [-0.4, -0.2) is 19.0 Å². The van der Waals surface area contributed by atoms with Crippen LogP contribution < -0.4 is 9.47 Å². The first kappa shape index (κ1) is 10.9. The van der Waals surface area contributed by atoms with E-state index in [0.29, 0.717) is 0 Å². The summed E-state index contributed by atoms with van der Waals surface area (Å²) in [5, 5.41) is 0. The summed E-state index contributed by atoms with van der Waals surface area (Å²) in [5.74, 6) is -2.04. The quantitative estimate of drug-likeness (QED) is 0.775. The van der Waals surface area contributed by atoms with Crippen molar-refractivity contribution in [3.63, 3.8) is 0 Å². The lowest BCUT2D eigenvalue weighted by molar-refractivity contribution is -0.116. The summed E-state index contributed by atoms with van der Waals surface area (Å²) in [7, 11) is 0. The second kappa shape index (κ2) is 4.08. The molecule has 5 heteroatoms. The molecule has 1 aliphatic heterocycles. The van der Waals surface area contributed by atoms with E-state index in [0.717, 1.165) is 6.07 Å². The van der Waals surface area contributed by atoms with Crippen molar-refractivity contribution in [3.05, 3.63) is 23.3 Å². The van der Waals surface area contributed by atoms with Crippen LogP contribution >= 0.6 is 0 Å². The van der Waals surface area contributed by atoms with Gasteiger partial charge in [-0.15, -0.1) is 0 Å². The highest BCUT2D eigenvalue weighted by Gasteiger charge is 2.24. The Kier molecular flexibility index (Phi) is 2.77. The largest absolute Gasteiger partial charge is 0.486 e. The highest BCUT2D eigenvalue weighted by Crippen LogP contribution is 2.37. The fourth-order valence-electron chi connectivity index (χ4n) is 1.60. The average Bonchev–Trinajstić information content (AvgIpc) is 2.24. The van der Waals surface area contributed by atoms with Crippen LogP contribution in [0, 0.1) is 11.6 Å². The minimum absolute atomic E-state index is 0.0674. The molecule has 1 heterocycles. The second-order valence-corrected chi connectivity index (χ2v) is 3.55. The third kappa shape index (κ3) is 1.85. The molecule has 0 spiro atoms. The zero-order valence-corrected chi connectivity index (χ0v) is 8.68. The molecule has 86 valence electrons. The van der Waals surface area contributed by atoms with Gasteiger partial charge in [-0.25, -0.2) is 8.78 Å². The first-order valence-corrected chi connectivity index (χ1v) is 4.85. The van der Waals surface area contributed by atoms with Gasteiger partial charge in [-0.3, -0.25) is 4.79 Å². The fourth-order valence-corrected chi connectivity index (χ4v) is 1.60. The number of halogens is 2. The number of rotatable bonds is 2. The third-order valence-electron chi connectivity index (χ3n) is 2.24. The van der Waals surface area contributed by atoms with Gasteiger partial charge in [-0.05, 0) is 6.92 Å². The van der Waals surface area contributed by atoms with Crippen LogP contribution in [0.4, 0.5) is 8.78 Å². The molecule has 0 unspecified atom stereocenters. The van der Waals surface area contributed by atoms with Crippen LogP contribution in [0.1, 0.15) is 12.5 Å². The van der Waals surface area contributed by atoms with Crippen molar-refractivity contribution in [3.8, 4) is 11.5 Å². The maximum absolute atomic E-state index is 13.5. The van der Waals surface area contributed by atoms with E-state index in [2.05, 4.69) is 0 Å². The van der Waals surface area contributed by atoms with Crippen LogP contribution in [-0.2, 0) is 11.2 Å². The van der Waals surface area contributed by atoms with Gasteiger partial charge in [0.05, 0.1) is 0 Å². The number of fused-ring (bicyclic) bond motifs is 1. The molecule has 0 fully saturated rings. The fraction of sp³-hybridized carbons (Fsp3) is 0.364. The highest BCUT2D eigenvalue weighted by molar-refractivity contribution is 5.79. The monoisotopic (exact) mass is 228 g/mol. The van der Waals surface area contributed by atoms with Crippen LogP contribution in [0.5, 0.6) is 11.5 Å². The molecule has 0 atom stereocenters. The molecular weight excluding hydrogens is 218 g/mol. The standard InChI is InChI=1S/C11H10F2O3/c1-6(14)4-7-10(13)8(12)5-9-11(7)16-3-2-15-9/h5H,2-4H2,1H3. The highest BCUT2D eigenvalue weighted by atomic mass is 19.2. The summed E-state index contributed by atoms with van der Waals surface area (Å²) in [6.45, 7) is 1.86. The Morgan fingerprint density at radius 1 is 1.38 bits per heavy atom.